The number of benzene rings is 1. The van der Waals surface area contributed by atoms with Gasteiger partial charge in [-0.15, -0.1) is 0 Å². The molecule has 0 radical (unpaired) electrons. The SMILES string of the molecule is CC1(C)CS(=O)(=O)CC(Cc2ccccc2)N1. The molecule has 1 N–H and O–H groups in total. The summed E-state index contributed by atoms with van der Waals surface area (Å²) in [6, 6.07) is 10.0. The summed E-state index contributed by atoms with van der Waals surface area (Å²) >= 11 is 0. The standard InChI is InChI=1S/C13H19NO2S/c1-13(2)10-17(15,16)9-12(14-13)8-11-6-4-3-5-7-11/h3-7,12,14H,8-10H2,1-2H3. The number of hydrogen-bond donors (Lipinski definition) is 1. The van der Waals surface area contributed by atoms with Crippen LogP contribution in [0.15, 0.2) is 30.3 Å². The molecule has 4 heteroatoms. The first-order valence-corrected chi connectivity index (χ1v) is 7.71. The third kappa shape index (κ3) is 3.54. The molecule has 94 valence electrons. The normalized spacial score (nSPS) is 26.6. The summed E-state index contributed by atoms with van der Waals surface area (Å²) in [5.41, 5.74) is 0.856. The van der Waals surface area contributed by atoms with E-state index in [-0.39, 0.29) is 23.1 Å². The summed E-state index contributed by atoms with van der Waals surface area (Å²) in [6.07, 6.45) is 0.767. The molecule has 17 heavy (non-hydrogen) atoms. The summed E-state index contributed by atoms with van der Waals surface area (Å²) in [7, 11) is -2.92. The first-order chi connectivity index (χ1) is 7.86. The van der Waals surface area contributed by atoms with Gasteiger partial charge < -0.3 is 5.32 Å². The van der Waals surface area contributed by atoms with Crippen LogP contribution in [0.2, 0.25) is 0 Å². The van der Waals surface area contributed by atoms with Crippen molar-refractivity contribution in [2.45, 2.75) is 31.8 Å². The molecule has 0 saturated carbocycles. The molecule has 2 rings (SSSR count). The minimum absolute atomic E-state index is 0.0196. The second kappa shape index (κ2) is 4.42. The van der Waals surface area contributed by atoms with E-state index in [2.05, 4.69) is 5.32 Å². The fourth-order valence-corrected chi connectivity index (χ4v) is 4.67. The number of hydrogen-bond acceptors (Lipinski definition) is 3. The van der Waals surface area contributed by atoms with Crippen LogP contribution in [-0.2, 0) is 16.3 Å². The molecule has 1 atom stereocenters. The largest absolute Gasteiger partial charge is 0.307 e. The molecule has 1 aliphatic rings. The van der Waals surface area contributed by atoms with Crippen LogP contribution in [0.5, 0.6) is 0 Å². The van der Waals surface area contributed by atoms with Crippen LogP contribution in [0.1, 0.15) is 19.4 Å². The quantitative estimate of drug-likeness (QED) is 0.866. The molecule has 3 nitrogen and oxygen atoms in total. The summed E-state index contributed by atoms with van der Waals surface area (Å²) in [4.78, 5) is 0. The van der Waals surface area contributed by atoms with Gasteiger partial charge in [-0.2, -0.15) is 0 Å². The Kier molecular flexibility index (Phi) is 3.27. The van der Waals surface area contributed by atoms with Crippen molar-refractivity contribution in [3.8, 4) is 0 Å². The van der Waals surface area contributed by atoms with Crippen molar-refractivity contribution in [1.29, 1.82) is 0 Å². The van der Waals surface area contributed by atoms with Crippen molar-refractivity contribution in [3.05, 3.63) is 35.9 Å². The first-order valence-electron chi connectivity index (χ1n) is 5.88. The van der Waals surface area contributed by atoms with Crippen molar-refractivity contribution < 1.29 is 8.42 Å². The lowest BCUT2D eigenvalue weighted by Gasteiger charge is -2.36. The van der Waals surface area contributed by atoms with E-state index in [9.17, 15) is 8.42 Å². The van der Waals surface area contributed by atoms with E-state index in [1.807, 2.05) is 44.2 Å². The zero-order valence-electron chi connectivity index (χ0n) is 10.3. The van der Waals surface area contributed by atoms with E-state index < -0.39 is 9.84 Å². The van der Waals surface area contributed by atoms with Crippen LogP contribution in [0.3, 0.4) is 0 Å². The molecule has 1 fully saturated rings. The second-order valence-corrected chi connectivity index (χ2v) is 7.58. The smallest absolute Gasteiger partial charge is 0.153 e. The third-order valence-corrected chi connectivity index (χ3v) is 5.03. The molecule has 1 heterocycles. The van der Waals surface area contributed by atoms with Gasteiger partial charge in [0.15, 0.2) is 9.84 Å². The Morgan fingerprint density at radius 2 is 1.94 bits per heavy atom. The number of rotatable bonds is 2. The number of sulfone groups is 1. The van der Waals surface area contributed by atoms with E-state index in [1.165, 1.54) is 5.56 Å². The van der Waals surface area contributed by atoms with E-state index in [0.717, 1.165) is 6.42 Å². The van der Waals surface area contributed by atoms with Gasteiger partial charge in [0.25, 0.3) is 0 Å². The van der Waals surface area contributed by atoms with Crippen molar-refractivity contribution in [3.63, 3.8) is 0 Å². The van der Waals surface area contributed by atoms with E-state index >= 15 is 0 Å². The van der Waals surface area contributed by atoms with Crippen LogP contribution in [-0.4, -0.2) is 31.5 Å². The van der Waals surface area contributed by atoms with Gasteiger partial charge in [0.2, 0.25) is 0 Å². The monoisotopic (exact) mass is 253 g/mol. The fourth-order valence-electron chi connectivity index (χ4n) is 2.56. The molecule has 0 bridgehead atoms. The maximum Gasteiger partial charge on any atom is 0.153 e. The van der Waals surface area contributed by atoms with Crippen LogP contribution < -0.4 is 5.32 Å². The molecule has 0 aliphatic carbocycles. The summed E-state index contributed by atoms with van der Waals surface area (Å²) in [5.74, 6) is 0.469. The summed E-state index contributed by atoms with van der Waals surface area (Å²) in [6.45, 7) is 3.89. The van der Waals surface area contributed by atoms with Gasteiger partial charge in [0, 0.05) is 11.6 Å². The lowest BCUT2D eigenvalue weighted by Crippen LogP contribution is -2.58. The minimum atomic E-state index is -2.92. The van der Waals surface area contributed by atoms with Crippen LogP contribution >= 0.6 is 0 Å². The molecule has 1 unspecified atom stereocenters. The molecule has 1 aromatic rings. The van der Waals surface area contributed by atoms with Gasteiger partial charge in [-0.05, 0) is 25.8 Å². The van der Waals surface area contributed by atoms with E-state index in [4.69, 9.17) is 0 Å². The second-order valence-electron chi connectivity index (χ2n) is 5.47. The summed E-state index contributed by atoms with van der Waals surface area (Å²) in [5, 5.41) is 3.42. The molecule has 1 aromatic carbocycles. The zero-order valence-corrected chi connectivity index (χ0v) is 11.1. The van der Waals surface area contributed by atoms with Gasteiger partial charge in [0.05, 0.1) is 11.5 Å². The lowest BCUT2D eigenvalue weighted by atomic mass is 10.0. The Morgan fingerprint density at radius 3 is 2.53 bits per heavy atom. The van der Waals surface area contributed by atoms with Crippen molar-refractivity contribution >= 4 is 9.84 Å². The maximum atomic E-state index is 11.8. The Bertz CT molecular complexity index is 479. The van der Waals surface area contributed by atoms with Crippen molar-refractivity contribution in [1.82, 2.24) is 5.32 Å². The van der Waals surface area contributed by atoms with Crippen molar-refractivity contribution in [2.75, 3.05) is 11.5 Å². The van der Waals surface area contributed by atoms with Gasteiger partial charge >= 0.3 is 0 Å². The average molecular weight is 253 g/mol. The molecule has 1 aliphatic heterocycles. The number of nitrogens with one attached hydrogen (secondary N) is 1. The van der Waals surface area contributed by atoms with Gasteiger partial charge in [0.1, 0.15) is 0 Å². The lowest BCUT2D eigenvalue weighted by molar-refractivity contribution is 0.353. The van der Waals surface area contributed by atoms with Crippen LogP contribution in [0.25, 0.3) is 0 Å². The molecule has 1 saturated heterocycles. The predicted molar refractivity (Wildman–Crippen MR) is 69.8 cm³/mol. The van der Waals surface area contributed by atoms with E-state index in [1.54, 1.807) is 0 Å². The highest BCUT2D eigenvalue weighted by molar-refractivity contribution is 7.91. The highest BCUT2D eigenvalue weighted by atomic mass is 32.2. The Hall–Kier alpha value is -0.870. The van der Waals surface area contributed by atoms with E-state index in [0.29, 0.717) is 0 Å². The highest BCUT2D eigenvalue weighted by Crippen LogP contribution is 2.18. The topological polar surface area (TPSA) is 46.2 Å². The Labute approximate surface area is 103 Å². The van der Waals surface area contributed by atoms with Gasteiger partial charge in [-0.1, -0.05) is 30.3 Å². The van der Waals surface area contributed by atoms with Gasteiger partial charge in [-0.3, -0.25) is 0 Å². The fraction of sp³-hybridized carbons (Fsp3) is 0.538. The summed E-state index contributed by atoms with van der Waals surface area (Å²) < 4.78 is 23.7. The molecular formula is C13H19NO2S. The Balaban J connectivity index is 2.12. The van der Waals surface area contributed by atoms with Gasteiger partial charge in [-0.25, -0.2) is 8.42 Å². The average Bonchev–Trinajstić information content (AvgIpc) is 2.13. The highest BCUT2D eigenvalue weighted by Gasteiger charge is 2.35. The maximum absolute atomic E-state index is 11.8. The third-order valence-electron chi connectivity index (χ3n) is 2.96. The first kappa shape index (κ1) is 12.6. The molecule has 0 spiro atoms. The zero-order chi connectivity index (χ0) is 12.5. The molecular weight excluding hydrogens is 234 g/mol. The molecule has 0 aromatic heterocycles. The molecule has 0 amide bonds. The van der Waals surface area contributed by atoms with Crippen LogP contribution in [0, 0.1) is 0 Å². The van der Waals surface area contributed by atoms with Crippen molar-refractivity contribution in [2.24, 2.45) is 0 Å². The van der Waals surface area contributed by atoms with Crippen LogP contribution in [0.4, 0.5) is 0 Å². The predicted octanol–water partition coefficient (Wildman–Crippen LogP) is 1.39. The Morgan fingerprint density at radius 1 is 1.29 bits per heavy atom. The minimum Gasteiger partial charge on any atom is -0.307 e.